The molecule has 0 aliphatic heterocycles. The highest BCUT2D eigenvalue weighted by Crippen LogP contribution is 2.19. The van der Waals surface area contributed by atoms with Crippen LogP contribution in [0.5, 0.6) is 0 Å². The molecule has 0 saturated carbocycles. The zero-order valence-electron chi connectivity index (χ0n) is 12.0. The van der Waals surface area contributed by atoms with Crippen molar-refractivity contribution < 1.29 is 0 Å². The highest BCUT2D eigenvalue weighted by molar-refractivity contribution is 7.03. The number of hydrogen-bond acceptors (Lipinski definition) is 4. The van der Waals surface area contributed by atoms with Crippen LogP contribution >= 0.6 is 11.5 Å². The van der Waals surface area contributed by atoms with Gasteiger partial charge in [0, 0.05) is 23.2 Å². The lowest BCUT2D eigenvalue weighted by Gasteiger charge is -2.18. The molecule has 4 nitrogen and oxygen atoms in total. The van der Waals surface area contributed by atoms with E-state index in [0.29, 0.717) is 0 Å². The molecule has 0 N–H and O–H groups in total. The van der Waals surface area contributed by atoms with Crippen LogP contribution in [0.15, 0.2) is 23.8 Å². The Morgan fingerprint density at radius 2 is 1.78 bits per heavy atom. The second-order valence-electron chi connectivity index (χ2n) is 6.16. The van der Waals surface area contributed by atoms with Crippen LogP contribution in [0.25, 0.3) is 0 Å². The second kappa shape index (κ2) is 5.61. The highest BCUT2D eigenvalue weighted by atomic mass is 32.1. The monoisotopic (exact) mass is 266 g/mol. The van der Waals surface area contributed by atoms with E-state index in [9.17, 15) is 0 Å². The molecule has 0 atom stereocenters. The SMILES string of the molecule is CC(C)(C)c1csnn1.CC(C)(C)n1cccn1. The van der Waals surface area contributed by atoms with Gasteiger partial charge >= 0.3 is 0 Å². The summed E-state index contributed by atoms with van der Waals surface area (Å²) in [4.78, 5) is 0. The van der Waals surface area contributed by atoms with Gasteiger partial charge in [-0.25, -0.2) is 0 Å². The largest absolute Gasteiger partial charge is 0.268 e. The minimum atomic E-state index is 0.128. The molecule has 2 heterocycles. The van der Waals surface area contributed by atoms with Gasteiger partial charge in [0.05, 0.1) is 11.2 Å². The summed E-state index contributed by atoms with van der Waals surface area (Å²) in [6, 6.07) is 1.94. The third-order valence-corrected chi connectivity index (χ3v) is 2.82. The Balaban J connectivity index is 0.000000180. The maximum Gasteiger partial charge on any atom is 0.0808 e. The highest BCUT2D eigenvalue weighted by Gasteiger charge is 2.15. The Kier molecular flexibility index (Phi) is 4.62. The van der Waals surface area contributed by atoms with Crippen LogP contribution in [0, 0.1) is 0 Å². The summed E-state index contributed by atoms with van der Waals surface area (Å²) in [7, 11) is 0. The smallest absolute Gasteiger partial charge is 0.0808 e. The molecule has 0 bridgehead atoms. The van der Waals surface area contributed by atoms with Crippen molar-refractivity contribution in [2.75, 3.05) is 0 Å². The standard InChI is InChI=1S/C7H12N2.C6H10N2S/c1-7(2,3)9-6-4-5-8-9;1-6(2,3)5-4-9-8-7-5/h4-6H,1-3H3;4H,1-3H3. The number of hydrogen-bond donors (Lipinski definition) is 0. The summed E-state index contributed by atoms with van der Waals surface area (Å²) in [6.07, 6.45) is 3.77. The summed E-state index contributed by atoms with van der Waals surface area (Å²) in [5.74, 6) is 0. The first-order valence-corrected chi connectivity index (χ1v) is 6.82. The first kappa shape index (κ1) is 14.8. The quantitative estimate of drug-likeness (QED) is 0.733. The Morgan fingerprint density at radius 1 is 1.11 bits per heavy atom. The van der Waals surface area contributed by atoms with E-state index in [2.05, 4.69) is 56.2 Å². The maximum atomic E-state index is 4.10. The molecule has 100 valence electrons. The summed E-state index contributed by atoms with van der Waals surface area (Å²) < 4.78 is 5.72. The molecule has 0 aliphatic carbocycles. The lowest BCUT2D eigenvalue weighted by Crippen LogP contribution is -2.21. The molecule has 0 unspecified atom stereocenters. The molecule has 5 heteroatoms. The fourth-order valence-corrected chi connectivity index (χ4v) is 1.84. The van der Waals surface area contributed by atoms with Gasteiger partial charge in [0.15, 0.2) is 0 Å². The van der Waals surface area contributed by atoms with Gasteiger partial charge in [-0.3, -0.25) is 4.68 Å². The van der Waals surface area contributed by atoms with Gasteiger partial charge in [0.25, 0.3) is 0 Å². The van der Waals surface area contributed by atoms with Crippen LogP contribution in [0.4, 0.5) is 0 Å². The topological polar surface area (TPSA) is 43.6 Å². The lowest BCUT2D eigenvalue weighted by molar-refractivity contribution is 0.355. The van der Waals surface area contributed by atoms with Crippen molar-refractivity contribution in [2.24, 2.45) is 0 Å². The van der Waals surface area contributed by atoms with Crippen LogP contribution < -0.4 is 0 Å². The molecule has 2 aromatic heterocycles. The third-order valence-electron chi connectivity index (χ3n) is 2.32. The molecule has 2 rings (SSSR count). The summed E-state index contributed by atoms with van der Waals surface area (Å²) >= 11 is 1.41. The van der Waals surface area contributed by atoms with E-state index >= 15 is 0 Å². The van der Waals surface area contributed by atoms with Crippen molar-refractivity contribution in [3.63, 3.8) is 0 Å². The Hall–Kier alpha value is -1.23. The normalized spacial score (nSPS) is 11.9. The van der Waals surface area contributed by atoms with Gasteiger partial charge in [0.1, 0.15) is 0 Å². The third kappa shape index (κ3) is 4.56. The summed E-state index contributed by atoms with van der Waals surface area (Å²) in [5, 5.41) is 10.0. The van der Waals surface area contributed by atoms with Crippen LogP contribution in [0.3, 0.4) is 0 Å². The predicted octanol–water partition coefficient (Wildman–Crippen LogP) is 3.47. The Bertz CT molecular complexity index is 388. The molecule has 0 aliphatic rings. The van der Waals surface area contributed by atoms with Gasteiger partial charge in [-0.2, -0.15) is 5.10 Å². The van der Waals surface area contributed by atoms with Crippen molar-refractivity contribution in [1.29, 1.82) is 0 Å². The molecule has 0 spiro atoms. The minimum Gasteiger partial charge on any atom is -0.268 e. The first-order chi connectivity index (χ1) is 8.21. The molecular formula is C13H22N4S. The second-order valence-corrected chi connectivity index (χ2v) is 6.77. The van der Waals surface area contributed by atoms with Gasteiger partial charge in [0.2, 0.25) is 0 Å². The molecule has 2 aromatic rings. The summed E-state index contributed by atoms with van der Waals surface area (Å²) in [5.41, 5.74) is 1.36. The zero-order chi connectivity index (χ0) is 13.8. The molecule has 0 amide bonds. The number of rotatable bonds is 0. The zero-order valence-corrected chi connectivity index (χ0v) is 12.8. The fraction of sp³-hybridized carbons (Fsp3) is 0.615. The minimum absolute atomic E-state index is 0.128. The number of nitrogens with zero attached hydrogens (tertiary/aromatic N) is 4. The maximum absolute atomic E-state index is 4.10. The van der Waals surface area contributed by atoms with E-state index in [0.717, 1.165) is 5.69 Å². The van der Waals surface area contributed by atoms with E-state index in [1.54, 1.807) is 6.20 Å². The van der Waals surface area contributed by atoms with Crippen LogP contribution in [-0.4, -0.2) is 19.4 Å². The molecule has 0 radical (unpaired) electrons. The van der Waals surface area contributed by atoms with E-state index in [-0.39, 0.29) is 11.0 Å². The molecule has 0 saturated heterocycles. The Morgan fingerprint density at radius 3 is 2.00 bits per heavy atom. The average molecular weight is 266 g/mol. The average Bonchev–Trinajstić information content (AvgIpc) is 2.91. The van der Waals surface area contributed by atoms with Gasteiger partial charge in [-0.15, -0.1) is 5.10 Å². The van der Waals surface area contributed by atoms with Gasteiger partial charge in [-0.1, -0.05) is 25.3 Å². The van der Waals surface area contributed by atoms with Crippen molar-refractivity contribution in [1.82, 2.24) is 19.4 Å². The number of aromatic nitrogens is 4. The summed E-state index contributed by atoms with van der Waals surface area (Å²) in [6.45, 7) is 12.8. The van der Waals surface area contributed by atoms with Crippen molar-refractivity contribution in [3.8, 4) is 0 Å². The predicted molar refractivity (Wildman–Crippen MR) is 75.8 cm³/mol. The molecule has 0 fully saturated rings. The van der Waals surface area contributed by atoms with E-state index < -0.39 is 0 Å². The van der Waals surface area contributed by atoms with Crippen LogP contribution in [0.1, 0.15) is 47.2 Å². The van der Waals surface area contributed by atoms with Crippen LogP contribution in [-0.2, 0) is 11.0 Å². The van der Waals surface area contributed by atoms with Crippen molar-refractivity contribution in [2.45, 2.75) is 52.5 Å². The molecule has 0 aromatic carbocycles. The Labute approximate surface area is 113 Å². The van der Waals surface area contributed by atoms with Gasteiger partial charge in [-0.05, 0) is 38.4 Å². The van der Waals surface area contributed by atoms with Crippen molar-refractivity contribution >= 4 is 11.5 Å². The van der Waals surface area contributed by atoms with Crippen molar-refractivity contribution in [3.05, 3.63) is 29.5 Å². The van der Waals surface area contributed by atoms with E-state index in [4.69, 9.17) is 0 Å². The molecular weight excluding hydrogens is 244 g/mol. The fourth-order valence-electron chi connectivity index (χ4n) is 1.16. The first-order valence-electron chi connectivity index (χ1n) is 5.99. The van der Waals surface area contributed by atoms with E-state index in [1.165, 1.54) is 11.5 Å². The van der Waals surface area contributed by atoms with Gasteiger partial charge < -0.3 is 0 Å². The lowest BCUT2D eigenvalue weighted by atomic mass is 9.94. The van der Waals surface area contributed by atoms with Crippen LogP contribution in [0.2, 0.25) is 0 Å². The van der Waals surface area contributed by atoms with E-state index in [1.807, 2.05) is 22.3 Å². The molecule has 18 heavy (non-hydrogen) atoms.